The highest BCUT2D eigenvalue weighted by Crippen LogP contribution is 2.30. The van der Waals surface area contributed by atoms with E-state index in [1.165, 1.54) is 29.7 Å². The molecule has 0 amide bonds. The van der Waals surface area contributed by atoms with E-state index in [-0.39, 0.29) is 19.2 Å². The van der Waals surface area contributed by atoms with Gasteiger partial charge < -0.3 is 20.5 Å². The molecule has 2 aliphatic rings. The second-order valence-electron chi connectivity index (χ2n) is 6.33. The van der Waals surface area contributed by atoms with Crippen LogP contribution in [0.1, 0.15) is 28.7 Å². The minimum absolute atomic E-state index is 0.165. The monoisotopic (exact) mass is 341 g/mol. The Kier molecular flexibility index (Phi) is 4.28. The fourth-order valence-corrected chi connectivity index (χ4v) is 3.38. The molecule has 0 fully saturated rings. The number of fused-ring (bicyclic) bond motifs is 2. The second-order valence-corrected chi connectivity index (χ2v) is 6.33. The van der Waals surface area contributed by atoms with Gasteiger partial charge in [0.25, 0.3) is 0 Å². The Morgan fingerprint density at radius 2 is 2.04 bits per heavy atom. The highest BCUT2D eigenvalue weighted by Gasteiger charge is 2.17. The molecule has 130 valence electrons. The predicted molar refractivity (Wildman–Crippen MR) is 94.1 cm³/mol. The SMILES string of the molecule is NC(=NCc1cc(F)cc2c1OCOC2)Nc1ccc2c(c1)CCC2. The number of aliphatic imine (C=N–C) groups is 1. The summed E-state index contributed by atoms with van der Waals surface area (Å²) in [5.74, 6) is 0.605. The highest BCUT2D eigenvalue weighted by molar-refractivity contribution is 5.92. The van der Waals surface area contributed by atoms with Crippen LogP contribution in [0.4, 0.5) is 10.1 Å². The van der Waals surface area contributed by atoms with Gasteiger partial charge in [-0.2, -0.15) is 0 Å². The zero-order valence-electron chi connectivity index (χ0n) is 13.8. The number of benzene rings is 2. The van der Waals surface area contributed by atoms with Gasteiger partial charge in [0.2, 0.25) is 0 Å². The van der Waals surface area contributed by atoms with Gasteiger partial charge in [-0.05, 0) is 54.7 Å². The Balaban J connectivity index is 1.49. The van der Waals surface area contributed by atoms with Crippen LogP contribution in [-0.2, 0) is 30.7 Å². The fourth-order valence-electron chi connectivity index (χ4n) is 3.38. The Bertz CT molecular complexity index is 836. The van der Waals surface area contributed by atoms with E-state index >= 15 is 0 Å². The molecular formula is C19H20FN3O2. The first-order valence-electron chi connectivity index (χ1n) is 8.39. The number of aryl methyl sites for hydroxylation is 2. The van der Waals surface area contributed by atoms with E-state index in [9.17, 15) is 4.39 Å². The molecule has 0 aromatic heterocycles. The van der Waals surface area contributed by atoms with Gasteiger partial charge in [0, 0.05) is 16.8 Å². The lowest BCUT2D eigenvalue weighted by atomic mass is 10.1. The number of nitrogens with zero attached hydrogens (tertiary/aromatic N) is 1. The van der Waals surface area contributed by atoms with Crippen molar-refractivity contribution >= 4 is 11.6 Å². The van der Waals surface area contributed by atoms with E-state index in [4.69, 9.17) is 15.2 Å². The third-order valence-electron chi connectivity index (χ3n) is 4.54. The van der Waals surface area contributed by atoms with Gasteiger partial charge in [0.1, 0.15) is 11.6 Å². The Labute approximate surface area is 145 Å². The number of guanidine groups is 1. The molecule has 0 radical (unpaired) electrons. The summed E-state index contributed by atoms with van der Waals surface area (Å²) in [4.78, 5) is 4.33. The standard InChI is InChI=1S/C19H20FN3O2/c20-16-6-14(18-15(7-16)10-24-11-25-18)9-22-19(21)23-17-5-4-12-2-1-3-13(12)8-17/h4-8H,1-3,9-11H2,(H3,21,22,23). The molecule has 4 rings (SSSR count). The van der Waals surface area contributed by atoms with Crippen LogP contribution in [0.25, 0.3) is 0 Å². The Morgan fingerprint density at radius 1 is 1.16 bits per heavy atom. The summed E-state index contributed by atoms with van der Waals surface area (Å²) in [6.07, 6.45) is 3.46. The molecule has 0 atom stereocenters. The number of hydrogen-bond donors (Lipinski definition) is 2. The van der Waals surface area contributed by atoms with Gasteiger partial charge in [-0.15, -0.1) is 0 Å². The maximum absolute atomic E-state index is 13.7. The van der Waals surface area contributed by atoms with Crippen molar-refractivity contribution in [3.05, 3.63) is 58.4 Å². The van der Waals surface area contributed by atoms with Crippen molar-refractivity contribution < 1.29 is 13.9 Å². The number of anilines is 1. The molecule has 1 aliphatic carbocycles. The average molecular weight is 341 g/mol. The van der Waals surface area contributed by atoms with E-state index in [1.54, 1.807) is 0 Å². The van der Waals surface area contributed by atoms with Crippen LogP contribution in [0.5, 0.6) is 5.75 Å². The summed E-state index contributed by atoms with van der Waals surface area (Å²) >= 11 is 0. The van der Waals surface area contributed by atoms with Crippen molar-refractivity contribution in [2.45, 2.75) is 32.4 Å². The van der Waals surface area contributed by atoms with E-state index < -0.39 is 0 Å². The number of hydrogen-bond acceptors (Lipinski definition) is 3. The minimum Gasteiger partial charge on any atom is -0.467 e. The number of nitrogens with one attached hydrogen (secondary N) is 1. The summed E-state index contributed by atoms with van der Waals surface area (Å²) in [6.45, 7) is 0.745. The fraction of sp³-hybridized carbons (Fsp3) is 0.316. The molecule has 0 bridgehead atoms. The molecule has 1 aliphatic heterocycles. The molecule has 1 heterocycles. The maximum Gasteiger partial charge on any atom is 0.193 e. The molecule has 6 heteroatoms. The van der Waals surface area contributed by atoms with Gasteiger partial charge in [-0.1, -0.05) is 6.07 Å². The predicted octanol–water partition coefficient (Wildman–Crippen LogP) is 3.11. The zero-order valence-corrected chi connectivity index (χ0v) is 13.8. The van der Waals surface area contributed by atoms with Crippen molar-refractivity contribution in [2.75, 3.05) is 12.1 Å². The Hall–Kier alpha value is -2.60. The van der Waals surface area contributed by atoms with Crippen LogP contribution < -0.4 is 15.8 Å². The van der Waals surface area contributed by atoms with Gasteiger partial charge in [-0.25, -0.2) is 9.38 Å². The van der Waals surface area contributed by atoms with Gasteiger partial charge in [-0.3, -0.25) is 0 Å². The summed E-state index contributed by atoms with van der Waals surface area (Å²) in [6, 6.07) is 9.12. The summed E-state index contributed by atoms with van der Waals surface area (Å²) in [5, 5.41) is 3.11. The normalized spacial score (nSPS) is 16.1. The first-order valence-corrected chi connectivity index (χ1v) is 8.39. The number of halogens is 1. The second kappa shape index (κ2) is 6.72. The van der Waals surface area contributed by atoms with Crippen LogP contribution in [0, 0.1) is 5.82 Å². The van der Waals surface area contributed by atoms with E-state index in [0.29, 0.717) is 29.4 Å². The van der Waals surface area contributed by atoms with Gasteiger partial charge >= 0.3 is 0 Å². The average Bonchev–Trinajstić information content (AvgIpc) is 3.07. The van der Waals surface area contributed by atoms with Crippen molar-refractivity contribution in [3.63, 3.8) is 0 Å². The summed E-state index contributed by atoms with van der Waals surface area (Å²) < 4.78 is 24.4. The van der Waals surface area contributed by atoms with E-state index in [0.717, 1.165) is 18.5 Å². The largest absolute Gasteiger partial charge is 0.467 e. The van der Waals surface area contributed by atoms with Crippen LogP contribution in [0.3, 0.4) is 0 Å². The van der Waals surface area contributed by atoms with Crippen LogP contribution in [-0.4, -0.2) is 12.8 Å². The summed E-state index contributed by atoms with van der Waals surface area (Å²) in [7, 11) is 0. The smallest absolute Gasteiger partial charge is 0.193 e. The molecule has 2 aromatic rings. The van der Waals surface area contributed by atoms with Crippen LogP contribution >= 0.6 is 0 Å². The number of rotatable bonds is 3. The highest BCUT2D eigenvalue weighted by atomic mass is 19.1. The van der Waals surface area contributed by atoms with Crippen LogP contribution in [0.2, 0.25) is 0 Å². The molecular weight excluding hydrogens is 321 g/mol. The van der Waals surface area contributed by atoms with Gasteiger partial charge in [0.05, 0.1) is 13.2 Å². The molecule has 0 unspecified atom stereocenters. The lowest BCUT2D eigenvalue weighted by molar-refractivity contribution is -0.0172. The molecule has 0 saturated heterocycles. The maximum atomic E-state index is 13.7. The quantitative estimate of drug-likeness (QED) is 0.665. The molecule has 3 N–H and O–H groups in total. The molecule has 0 spiro atoms. The van der Waals surface area contributed by atoms with E-state index in [2.05, 4.69) is 22.4 Å². The molecule has 2 aromatic carbocycles. The molecule has 5 nitrogen and oxygen atoms in total. The van der Waals surface area contributed by atoms with Crippen molar-refractivity contribution in [1.82, 2.24) is 0 Å². The van der Waals surface area contributed by atoms with Crippen molar-refractivity contribution in [1.29, 1.82) is 0 Å². The topological polar surface area (TPSA) is 68.9 Å². The first-order chi connectivity index (χ1) is 12.2. The molecule has 0 saturated carbocycles. The van der Waals surface area contributed by atoms with Crippen LogP contribution in [0.15, 0.2) is 35.3 Å². The first kappa shape index (κ1) is 15.9. The third-order valence-corrected chi connectivity index (χ3v) is 4.54. The van der Waals surface area contributed by atoms with Crippen molar-refractivity contribution in [2.24, 2.45) is 10.7 Å². The van der Waals surface area contributed by atoms with Crippen molar-refractivity contribution in [3.8, 4) is 5.75 Å². The van der Waals surface area contributed by atoms with Gasteiger partial charge in [0.15, 0.2) is 12.8 Å². The lowest BCUT2D eigenvalue weighted by Gasteiger charge is -2.20. The minimum atomic E-state index is -0.330. The lowest BCUT2D eigenvalue weighted by Crippen LogP contribution is -2.23. The number of ether oxygens (including phenoxy) is 2. The molecule has 25 heavy (non-hydrogen) atoms. The Morgan fingerprint density at radius 3 is 2.96 bits per heavy atom. The van der Waals surface area contributed by atoms with E-state index in [1.807, 2.05) is 6.07 Å². The number of nitrogens with two attached hydrogens (primary N) is 1. The summed E-state index contributed by atoms with van der Waals surface area (Å²) in [5.41, 5.74) is 11.1. The zero-order chi connectivity index (χ0) is 17.2. The third kappa shape index (κ3) is 3.44.